The van der Waals surface area contributed by atoms with Gasteiger partial charge in [0.05, 0.1) is 71.2 Å². The van der Waals surface area contributed by atoms with Gasteiger partial charge in [-0.05, 0) is 91.4 Å². The number of anilines is 2. The number of nitrogens with zero attached hydrogens (tertiary/aromatic N) is 8. The summed E-state index contributed by atoms with van der Waals surface area (Å²) in [5.74, 6) is 2.84. The number of fused-ring (bicyclic) bond motifs is 2. The summed E-state index contributed by atoms with van der Waals surface area (Å²) < 4.78 is 25.2. The van der Waals surface area contributed by atoms with Gasteiger partial charge in [0.2, 0.25) is 0 Å². The highest BCUT2D eigenvalue weighted by atomic mass is 32.1. The Balaban J connectivity index is 0.000000175. The number of benzene rings is 4. The molecule has 14 heteroatoms. The van der Waals surface area contributed by atoms with Crippen LogP contribution in [0, 0.1) is 22.7 Å². The van der Waals surface area contributed by atoms with Crippen LogP contribution in [0.1, 0.15) is 32.6 Å². The van der Waals surface area contributed by atoms with Gasteiger partial charge in [-0.3, -0.25) is 9.80 Å². The predicted molar refractivity (Wildman–Crippen MR) is 226 cm³/mol. The van der Waals surface area contributed by atoms with E-state index in [-0.39, 0.29) is 12.1 Å². The van der Waals surface area contributed by atoms with E-state index in [0.717, 1.165) is 55.0 Å². The van der Waals surface area contributed by atoms with Crippen molar-refractivity contribution >= 4 is 65.4 Å². The van der Waals surface area contributed by atoms with Crippen LogP contribution < -0.4 is 28.7 Å². The van der Waals surface area contributed by atoms with Gasteiger partial charge >= 0.3 is 12.0 Å². The van der Waals surface area contributed by atoms with Gasteiger partial charge in [0, 0.05) is 12.4 Å². The number of hydrogen-bond acceptors (Lipinski definition) is 14. The van der Waals surface area contributed by atoms with Crippen molar-refractivity contribution in [2.24, 2.45) is 9.98 Å². The lowest BCUT2D eigenvalue weighted by Crippen LogP contribution is -2.43. The van der Waals surface area contributed by atoms with E-state index in [0.29, 0.717) is 43.0 Å². The van der Waals surface area contributed by atoms with Gasteiger partial charge in [-0.25, -0.2) is 20.0 Å². The first kappa shape index (κ1) is 38.5. The second-order valence-electron chi connectivity index (χ2n) is 12.6. The lowest BCUT2D eigenvalue weighted by atomic mass is 10.2. The second-order valence-corrected chi connectivity index (χ2v) is 14.6. The van der Waals surface area contributed by atoms with E-state index in [1.165, 1.54) is 0 Å². The summed E-state index contributed by atoms with van der Waals surface area (Å²) in [6.07, 6.45) is 9.87. The number of hydrogen-bond donors (Lipinski definition) is 0. The Bertz CT molecular complexity index is 2430. The molecule has 4 aromatic carbocycles. The molecular weight excluding hydrogens is 757 g/mol. The number of methoxy groups -OCH3 is 1. The van der Waals surface area contributed by atoms with Crippen LogP contribution in [0.5, 0.6) is 23.0 Å². The molecule has 8 rings (SSSR count). The van der Waals surface area contributed by atoms with Crippen LogP contribution in [0.3, 0.4) is 0 Å². The molecular formula is C43H38N8O4S2. The minimum atomic E-state index is -0.195. The zero-order valence-electron chi connectivity index (χ0n) is 31.3. The summed E-state index contributed by atoms with van der Waals surface area (Å²) in [7, 11) is 1.62. The molecule has 2 unspecified atom stereocenters. The molecule has 4 heterocycles. The Labute approximate surface area is 338 Å². The van der Waals surface area contributed by atoms with Crippen molar-refractivity contribution in [2.45, 2.75) is 44.7 Å². The molecule has 6 aromatic rings. The van der Waals surface area contributed by atoms with Crippen molar-refractivity contribution in [3.63, 3.8) is 0 Å². The number of amidine groups is 2. The number of aliphatic imine (C=N–C) groups is 2. The Morgan fingerprint density at radius 1 is 0.632 bits per heavy atom. The molecule has 2 atom stereocenters. The lowest BCUT2D eigenvalue weighted by molar-refractivity contribution is 0.309. The van der Waals surface area contributed by atoms with E-state index in [1.807, 2.05) is 119 Å². The Hall–Kier alpha value is -6.74. The van der Waals surface area contributed by atoms with Crippen LogP contribution in [0.15, 0.2) is 132 Å². The zero-order chi connectivity index (χ0) is 39.4. The summed E-state index contributed by atoms with van der Waals surface area (Å²) in [6.45, 7) is 2.84. The molecule has 2 aromatic heterocycles. The third kappa shape index (κ3) is 9.39. The van der Waals surface area contributed by atoms with E-state index >= 15 is 0 Å². The summed E-state index contributed by atoms with van der Waals surface area (Å²) in [6, 6.07) is 35.5. The number of unbranched alkanes of at least 4 members (excludes halogenated alkanes) is 1. The normalized spacial score (nSPS) is 15.9. The first-order valence-corrected chi connectivity index (χ1v) is 19.9. The van der Waals surface area contributed by atoms with Gasteiger partial charge in [0.25, 0.3) is 0 Å². The summed E-state index contributed by atoms with van der Waals surface area (Å²) in [5, 5.41) is 20.0. The minimum absolute atomic E-state index is 0.193. The molecule has 0 bridgehead atoms. The number of para-hydroxylation sites is 2. The highest BCUT2D eigenvalue weighted by Crippen LogP contribution is 2.34. The zero-order valence-corrected chi connectivity index (χ0v) is 32.9. The standard InChI is InChI=1S/C23H22N4O2S.C20H16N4O2S/c1-2-3-16-28-18-8-10-19(11-9-18)29-22-25-15-13-17(12-14-24)27(22)23-26-20-6-4-5-7-21(20)30-23;1-25-15-6-8-16(9-7-15)26-19-22-13-11-14(10-12-21)24(19)20-23-17-4-2-3-5-18(17)27-20/h4-11,13,15,17H,2-3,12,16H2,1H3;2-9,11,13-14H,10H2,1H3. The first-order chi connectivity index (χ1) is 28.1. The smallest absolute Gasteiger partial charge is 0.304 e. The molecule has 0 aliphatic carbocycles. The third-order valence-corrected chi connectivity index (χ3v) is 10.8. The molecule has 286 valence electrons. The van der Waals surface area contributed by atoms with Crippen molar-refractivity contribution in [3.8, 4) is 35.1 Å². The third-order valence-electron chi connectivity index (χ3n) is 8.71. The van der Waals surface area contributed by atoms with Crippen molar-refractivity contribution < 1.29 is 18.9 Å². The lowest BCUT2D eigenvalue weighted by Gasteiger charge is -2.30. The highest BCUT2D eigenvalue weighted by Gasteiger charge is 2.30. The van der Waals surface area contributed by atoms with Gasteiger partial charge in [-0.2, -0.15) is 10.5 Å². The number of thiazole rings is 2. The maximum absolute atomic E-state index is 9.30. The summed E-state index contributed by atoms with van der Waals surface area (Å²) >= 11 is 3.10. The second kappa shape index (κ2) is 18.7. The largest absolute Gasteiger partial charge is 0.497 e. The van der Waals surface area contributed by atoms with E-state index in [1.54, 1.807) is 42.2 Å². The van der Waals surface area contributed by atoms with Crippen LogP contribution >= 0.6 is 22.7 Å². The van der Waals surface area contributed by atoms with E-state index in [2.05, 4.69) is 29.0 Å². The van der Waals surface area contributed by atoms with Crippen LogP contribution in [0.2, 0.25) is 0 Å². The minimum Gasteiger partial charge on any atom is -0.497 e. The SMILES string of the molecule is CCCCOc1ccc(OC2=NC=CC(CC#N)N2c2nc3ccccc3s2)cc1.COc1ccc(OC2=NC=CC(CC#N)N2c2nc3ccccc3s2)cc1. The molecule has 0 N–H and O–H groups in total. The fourth-order valence-electron chi connectivity index (χ4n) is 5.82. The molecule has 0 saturated heterocycles. The molecule has 0 amide bonds. The molecule has 12 nitrogen and oxygen atoms in total. The summed E-state index contributed by atoms with van der Waals surface area (Å²) in [5.41, 5.74) is 1.82. The fraction of sp³-hybridized carbons (Fsp3) is 0.209. The van der Waals surface area contributed by atoms with Crippen LogP contribution in [-0.2, 0) is 0 Å². The topological polar surface area (TPSA) is 141 Å². The van der Waals surface area contributed by atoms with Crippen molar-refractivity contribution in [1.29, 1.82) is 10.5 Å². The van der Waals surface area contributed by atoms with Crippen LogP contribution in [-0.4, -0.2) is 47.8 Å². The van der Waals surface area contributed by atoms with Gasteiger partial charge < -0.3 is 18.9 Å². The molecule has 2 aliphatic rings. The fourth-order valence-corrected chi connectivity index (χ4v) is 7.85. The Morgan fingerprint density at radius 2 is 1.09 bits per heavy atom. The number of nitriles is 2. The molecule has 2 aliphatic heterocycles. The molecule has 0 radical (unpaired) electrons. The molecule has 0 fully saturated rings. The Morgan fingerprint density at radius 3 is 1.53 bits per heavy atom. The Kier molecular flexibility index (Phi) is 12.7. The van der Waals surface area contributed by atoms with Crippen LogP contribution in [0.4, 0.5) is 10.3 Å². The average Bonchev–Trinajstić information content (AvgIpc) is 3.87. The van der Waals surface area contributed by atoms with Crippen molar-refractivity contribution in [2.75, 3.05) is 23.5 Å². The molecule has 57 heavy (non-hydrogen) atoms. The number of rotatable bonds is 11. The first-order valence-electron chi connectivity index (χ1n) is 18.3. The van der Waals surface area contributed by atoms with Gasteiger partial charge in [-0.1, -0.05) is 60.3 Å². The predicted octanol–water partition coefficient (Wildman–Crippen LogP) is 9.88. The van der Waals surface area contributed by atoms with Gasteiger partial charge in [0.1, 0.15) is 23.0 Å². The molecule has 0 saturated carbocycles. The van der Waals surface area contributed by atoms with E-state index < -0.39 is 0 Å². The van der Waals surface area contributed by atoms with Crippen LogP contribution in [0.25, 0.3) is 20.4 Å². The number of ether oxygens (including phenoxy) is 4. The van der Waals surface area contributed by atoms with Crippen molar-refractivity contribution in [1.82, 2.24) is 9.97 Å². The van der Waals surface area contributed by atoms with E-state index in [9.17, 15) is 10.5 Å². The monoisotopic (exact) mass is 794 g/mol. The quantitative estimate of drug-likeness (QED) is 0.116. The maximum atomic E-state index is 9.30. The number of aromatic nitrogens is 2. The average molecular weight is 795 g/mol. The summed E-state index contributed by atoms with van der Waals surface area (Å²) in [4.78, 5) is 22.0. The molecule has 0 spiro atoms. The van der Waals surface area contributed by atoms with Crippen molar-refractivity contribution in [3.05, 3.63) is 122 Å². The van der Waals surface area contributed by atoms with Gasteiger partial charge in [-0.15, -0.1) is 0 Å². The highest BCUT2D eigenvalue weighted by molar-refractivity contribution is 7.22. The van der Waals surface area contributed by atoms with Gasteiger partial charge in [0.15, 0.2) is 10.3 Å². The maximum Gasteiger partial charge on any atom is 0.304 e. The van der Waals surface area contributed by atoms with E-state index in [4.69, 9.17) is 28.9 Å².